The molecule has 1 aromatic rings. The average Bonchev–Trinajstić information content (AvgIpc) is 2.27. The molecule has 0 bridgehead atoms. The Kier molecular flexibility index (Phi) is 5.06. The van der Waals surface area contributed by atoms with Crippen LogP contribution in [0.25, 0.3) is 0 Å². The highest BCUT2D eigenvalue weighted by molar-refractivity contribution is 5.89. The number of anilines is 1. The third-order valence-corrected chi connectivity index (χ3v) is 2.85. The minimum Gasteiger partial charge on any atom is -0.497 e. The molecular weight excluding hydrogens is 264 g/mol. The summed E-state index contributed by atoms with van der Waals surface area (Å²) in [6.07, 6.45) is 1.11. The Bertz CT molecular complexity index is 443. The fraction of sp³-hybridized carbons (Fsp3) is 0.500. The molecule has 19 heavy (non-hydrogen) atoms. The second kappa shape index (κ2) is 6.15. The van der Waals surface area contributed by atoms with Crippen molar-refractivity contribution in [3.05, 3.63) is 24.3 Å². The van der Waals surface area contributed by atoms with Gasteiger partial charge in [0.25, 0.3) is 6.02 Å². The molecule has 4 nitrogen and oxygen atoms in total. The Morgan fingerprint density at radius 3 is 2.47 bits per heavy atom. The molecule has 0 radical (unpaired) electrons. The molecule has 1 N–H and O–H groups in total. The fourth-order valence-corrected chi connectivity index (χ4v) is 2.14. The van der Waals surface area contributed by atoms with Gasteiger partial charge in [0, 0.05) is 12.1 Å². The predicted octanol–water partition coefficient (Wildman–Crippen LogP) is 3.47. The van der Waals surface area contributed by atoms with Gasteiger partial charge in [-0.05, 0) is 45.0 Å². The lowest BCUT2D eigenvalue weighted by molar-refractivity contribution is 0.144. The van der Waals surface area contributed by atoms with Gasteiger partial charge in [0.2, 0.25) is 0 Å². The second-order valence-electron chi connectivity index (χ2n) is 5.22. The van der Waals surface area contributed by atoms with Crippen molar-refractivity contribution < 1.29 is 9.47 Å². The van der Waals surface area contributed by atoms with Crippen LogP contribution in [0.1, 0.15) is 27.2 Å². The van der Waals surface area contributed by atoms with Crippen molar-refractivity contribution in [1.29, 1.82) is 0 Å². The molecule has 0 fully saturated rings. The Labute approximate surface area is 120 Å². The molecule has 1 aliphatic rings. The van der Waals surface area contributed by atoms with Crippen molar-refractivity contribution >= 4 is 24.1 Å². The predicted molar refractivity (Wildman–Crippen MR) is 80.5 cm³/mol. The zero-order chi connectivity index (χ0) is 13.2. The molecule has 0 spiro atoms. The van der Waals surface area contributed by atoms with E-state index in [4.69, 9.17) is 9.47 Å². The van der Waals surface area contributed by atoms with E-state index < -0.39 is 0 Å². The second-order valence-corrected chi connectivity index (χ2v) is 5.22. The number of nitrogens with zero attached hydrogens (tertiary/aromatic N) is 1. The molecule has 0 saturated carbocycles. The summed E-state index contributed by atoms with van der Waals surface area (Å²) in [5, 5.41) is 3.19. The number of hydrogen-bond donors (Lipinski definition) is 1. The summed E-state index contributed by atoms with van der Waals surface area (Å²) in [6.45, 7) is 6.29. The van der Waals surface area contributed by atoms with Crippen LogP contribution in [-0.4, -0.2) is 24.8 Å². The zero-order valence-corrected chi connectivity index (χ0v) is 12.6. The molecule has 0 saturated heterocycles. The molecule has 1 aromatic carbocycles. The molecule has 2 rings (SSSR count). The zero-order valence-electron chi connectivity index (χ0n) is 11.8. The topological polar surface area (TPSA) is 42.8 Å². The van der Waals surface area contributed by atoms with E-state index in [9.17, 15) is 0 Å². The Hall–Kier alpha value is -1.42. The van der Waals surface area contributed by atoms with Crippen molar-refractivity contribution in [1.82, 2.24) is 0 Å². The van der Waals surface area contributed by atoms with Gasteiger partial charge in [0.15, 0.2) is 0 Å². The van der Waals surface area contributed by atoms with Crippen LogP contribution >= 0.6 is 12.4 Å². The van der Waals surface area contributed by atoms with Gasteiger partial charge in [-0.2, -0.15) is 0 Å². The minimum atomic E-state index is -0.0769. The minimum absolute atomic E-state index is 0. The maximum atomic E-state index is 5.69. The van der Waals surface area contributed by atoms with E-state index in [1.807, 2.05) is 24.3 Å². The van der Waals surface area contributed by atoms with Crippen LogP contribution in [-0.2, 0) is 4.74 Å². The fourth-order valence-electron chi connectivity index (χ4n) is 2.14. The summed E-state index contributed by atoms with van der Waals surface area (Å²) in [5.74, 6) is 0.834. The number of ether oxygens (including phenoxy) is 2. The Balaban J connectivity index is 0.00000180. The van der Waals surface area contributed by atoms with Crippen LogP contribution in [0.5, 0.6) is 5.75 Å². The first-order chi connectivity index (χ1) is 8.48. The molecule has 1 unspecified atom stereocenters. The van der Waals surface area contributed by atoms with Crippen LogP contribution in [0.2, 0.25) is 0 Å². The lowest BCUT2D eigenvalue weighted by atomic mass is 9.97. The van der Waals surface area contributed by atoms with Gasteiger partial charge in [-0.1, -0.05) is 0 Å². The van der Waals surface area contributed by atoms with Crippen LogP contribution < -0.4 is 10.1 Å². The van der Waals surface area contributed by atoms with E-state index in [2.05, 4.69) is 31.1 Å². The number of benzene rings is 1. The molecule has 0 aromatic heterocycles. The molecular formula is C14H21ClN2O2. The van der Waals surface area contributed by atoms with Crippen LogP contribution in [0.3, 0.4) is 0 Å². The van der Waals surface area contributed by atoms with Gasteiger partial charge in [0.1, 0.15) is 11.9 Å². The number of rotatable bonds is 2. The summed E-state index contributed by atoms with van der Waals surface area (Å²) in [6, 6.07) is 8.28. The van der Waals surface area contributed by atoms with E-state index in [1.165, 1.54) is 0 Å². The molecule has 1 aliphatic heterocycles. The van der Waals surface area contributed by atoms with Crippen LogP contribution in [0.4, 0.5) is 5.69 Å². The lowest BCUT2D eigenvalue weighted by Crippen LogP contribution is -2.36. The van der Waals surface area contributed by atoms with E-state index in [0.29, 0.717) is 6.02 Å². The Morgan fingerprint density at radius 1 is 1.32 bits per heavy atom. The third kappa shape index (κ3) is 4.31. The van der Waals surface area contributed by atoms with Crippen LogP contribution in [0, 0.1) is 0 Å². The molecule has 0 aliphatic carbocycles. The standard InChI is InChI=1S/C14H20N2O2.ClH/c1-10-9-14(2,3)16-13(18-10)15-11-5-7-12(17-4)8-6-11;/h5-8,10H,9H2,1-4H3,(H,15,16);1H. The summed E-state index contributed by atoms with van der Waals surface area (Å²) in [4.78, 5) is 4.55. The quantitative estimate of drug-likeness (QED) is 0.904. The summed E-state index contributed by atoms with van der Waals surface area (Å²) >= 11 is 0. The molecule has 1 atom stereocenters. The monoisotopic (exact) mass is 284 g/mol. The number of amidine groups is 1. The first-order valence-corrected chi connectivity index (χ1v) is 6.16. The smallest absolute Gasteiger partial charge is 0.289 e. The SMILES string of the molecule is COc1ccc(NC2=NC(C)(C)CC(C)O2)cc1.Cl. The molecule has 0 amide bonds. The van der Waals surface area contributed by atoms with Crippen molar-refractivity contribution in [2.24, 2.45) is 4.99 Å². The highest BCUT2D eigenvalue weighted by Crippen LogP contribution is 2.24. The van der Waals surface area contributed by atoms with E-state index in [-0.39, 0.29) is 24.0 Å². The van der Waals surface area contributed by atoms with Gasteiger partial charge < -0.3 is 14.8 Å². The van der Waals surface area contributed by atoms with Crippen molar-refractivity contribution in [3.8, 4) is 5.75 Å². The number of nitrogens with one attached hydrogen (secondary N) is 1. The Morgan fingerprint density at radius 2 is 1.95 bits per heavy atom. The average molecular weight is 285 g/mol. The van der Waals surface area contributed by atoms with E-state index in [0.717, 1.165) is 17.9 Å². The summed E-state index contributed by atoms with van der Waals surface area (Å²) in [5.41, 5.74) is 0.867. The normalized spacial score (nSPS) is 20.6. The van der Waals surface area contributed by atoms with E-state index in [1.54, 1.807) is 7.11 Å². The molecule has 1 heterocycles. The molecule has 106 valence electrons. The van der Waals surface area contributed by atoms with Crippen molar-refractivity contribution in [3.63, 3.8) is 0 Å². The third-order valence-electron chi connectivity index (χ3n) is 2.85. The first-order valence-electron chi connectivity index (χ1n) is 6.16. The number of halogens is 1. The van der Waals surface area contributed by atoms with Gasteiger partial charge in [-0.15, -0.1) is 12.4 Å². The number of methoxy groups -OCH3 is 1. The number of hydrogen-bond acceptors (Lipinski definition) is 4. The van der Waals surface area contributed by atoms with Crippen LogP contribution in [0.15, 0.2) is 29.3 Å². The lowest BCUT2D eigenvalue weighted by Gasteiger charge is -2.31. The maximum Gasteiger partial charge on any atom is 0.289 e. The van der Waals surface area contributed by atoms with Gasteiger partial charge in [0.05, 0.1) is 12.6 Å². The number of aliphatic imine (C=N–C) groups is 1. The summed E-state index contributed by atoms with van der Waals surface area (Å²) < 4.78 is 10.8. The molecule has 5 heteroatoms. The van der Waals surface area contributed by atoms with Gasteiger partial charge in [-0.3, -0.25) is 0 Å². The maximum absolute atomic E-state index is 5.69. The van der Waals surface area contributed by atoms with Gasteiger partial charge >= 0.3 is 0 Å². The van der Waals surface area contributed by atoms with Gasteiger partial charge in [-0.25, -0.2) is 4.99 Å². The highest BCUT2D eigenvalue weighted by atomic mass is 35.5. The first kappa shape index (κ1) is 15.6. The highest BCUT2D eigenvalue weighted by Gasteiger charge is 2.28. The summed E-state index contributed by atoms with van der Waals surface area (Å²) in [7, 11) is 1.65. The van der Waals surface area contributed by atoms with Crippen molar-refractivity contribution in [2.75, 3.05) is 12.4 Å². The largest absolute Gasteiger partial charge is 0.497 e. The van der Waals surface area contributed by atoms with Crippen molar-refractivity contribution in [2.45, 2.75) is 38.8 Å². The van der Waals surface area contributed by atoms with E-state index >= 15 is 0 Å².